The first-order valence-corrected chi connectivity index (χ1v) is 9.48. The molecule has 6 nitrogen and oxygen atoms in total. The highest BCUT2D eigenvalue weighted by molar-refractivity contribution is 5.96. The van der Waals surface area contributed by atoms with Crippen molar-refractivity contribution in [3.05, 3.63) is 84.3 Å². The molecule has 0 bridgehead atoms. The summed E-state index contributed by atoms with van der Waals surface area (Å²) in [5, 5.41) is 2.80. The first kappa shape index (κ1) is 20.9. The van der Waals surface area contributed by atoms with E-state index < -0.39 is 0 Å². The highest BCUT2D eigenvalue weighted by Crippen LogP contribution is 2.18. The predicted octanol–water partition coefficient (Wildman–Crippen LogP) is 3.36. The van der Waals surface area contributed by atoms with Crippen molar-refractivity contribution in [3.8, 4) is 12.3 Å². The minimum atomic E-state index is -0.225. The second kappa shape index (κ2) is 10.1. The Morgan fingerprint density at radius 2 is 1.83 bits per heavy atom. The van der Waals surface area contributed by atoms with Gasteiger partial charge in [0, 0.05) is 16.9 Å². The highest BCUT2D eigenvalue weighted by atomic mass is 16.3. The lowest BCUT2D eigenvalue weighted by molar-refractivity contribution is -0.121. The molecule has 2 aromatic carbocycles. The minimum absolute atomic E-state index is 0.0649. The second-order valence-electron chi connectivity index (χ2n) is 6.84. The summed E-state index contributed by atoms with van der Waals surface area (Å²) in [5.74, 6) is 2.85. The van der Waals surface area contributed by atoms with E-state index in [1.54, 1.807) is 53.4 Å². The molecule has 3 aromatic rings. The van der Waals surface area contributed by atoms with Gasteiger partial charge < -0.3 is 14.6 Å². The molecule has 0 unspecified atom stereocenters. The van der Waals surface area contributed by atoms with E-state index >= 15 is 0 Å². The summed E-state index contributed by atoms with van der Waals surface area (Å²) >= 11 is 0. The van der Waals surface area contributed by atoms with Crippen molar-refractivity contribution in [1.29, 1.82) is 0 Å². The SMILES string of the molecule is C#Cc1cccc(NC(=O)CN(C)CC(=O)N(Cc2ccco2)c2ccccc2)c1. The molecule has 0 saturated carbocycles. The van der Waals surface area contributed by atoms with Crippen LogP contribution in [0.5, 0.6) is 0 Å². The average molecular weight is 401 g/mol. The van der Waals surface area contributed by atoms with Gasteiger partial charge in [-0.15, -0.1) is 6.42 Å². The molecular formula is C24H23N3O3. The van der Waals surface area contributed by atoms with Crippen LogP contribution in [-0.2, 0) is 16.1 Å². The highest BCUT2D eigenvalue weighted by Gasteiger charge is 2.20. The molecule has 0 saturated heterocycles. The Balaban J connectivity index is 1.61. The summed E-state index contributed by atoms with van der Waals surface area (Å²) in [6.45, 7) is 0.456. The average Bonchev–Trinajstić information content (AvgIpc) is 3.25. The van der Waals surface area contributed by atoms with Gasteiger partial charge in [-0.05, 0) is 49.5 Å². The molecule has 1 heterocycles. The Labute approximate surface area is 176 Å². The van der Waals surface area contributed by atoms with Gasteiger partial charge in [0.05, 0.1) is 25.9 Å². The molecule has 1 aromatic heterocycles. The standard InChI is InChI=1S/C24H23N3O3/c1-3-19-9-7-10-20(15-19)25-23(28)17-26(2)18-24(29)27(16-22-13-8-14-30-22)21-11-5-4-6-12-21/h1,4-15H,16-18H2,2H3,(H,25,28). The van der Waals surface area contributed by atoms with Crippen molar-refractivity contribution in [1.82, 2.24) is 4.90 Å². The fourth-order valence-electron chi connectivity index (χ4n) is 2.99. The summed E-state index contributed by atoms with van der Waals surface area (Å²) in [6.07, 6.45) is 6.97. The predicted molar refractivity (Wildman–Crippen MR) is 117 cm³/mol. The maximum atomic E-state index is 13.0. The van der Waals surface area contributed by atoms with Gasteiger partial charge in [0.15, 0.2) is 0 Å². The fraction of sp³-hybridized carbons (Fsp3) is 0.167. The van der Waals surface area contributed by atoms with Crippen LogP contribution >= 0.6 is 0 Å². The van der Waals surface area contributed by atoms with Gasteiger partial charge in [0.1, 0.15) is 5.76 Å². The number of terminal acetylenes is 1. The van der Waals surface area contributed by atoms with Crippen molar-refractivity contribution >= 4 is 23.2 Å². The van der Waals surface area contributed by atoms with E-state index in [1.807, 2.05) is 36.4 Å². The van der Waals surface area contributed by atoms with Gasteiger partial charge in [-0.1, -0.05) is 30.2 Å². The van der Waals surface area contributed by atoms with Crippen LogP contribution in [0.2, 0.25) is 0 Å². The fourth-order valence-corrected chi connectivity index (χ4v) is 2.99. The number of benzene rings is 2. The van der Waals surface area contributed by atoms with Crippen molar-refractivity contribution in [2.45, 2.75) is 6.54 Å². The maximum absolute atomic E-state index is 13.0. The molecule has 3 rings (SSSR count). The third-order valence-corrected chi connectivity index (χ3v) is 4.39. The topological polar surface area (TPSA) is 65.8 Å². The number of carbonyl (C=O) groups is 2. The molecule has 0 spiro atoms. The van der Waals surface area contributed by atoms with Gasteiger partial charge in [0.25, 0.3) is 0 Å². The number of nitrogens with one attached hydrogen (secondary N) is 1. The Hall–Kier alpha value is -3.82. The van der Waals surface area contributed by atoms with Gasteiger partial charge in [0.2, 0.25) is 11.8 Å². The molecule has 0 atom stereocenters. The molecule has 0 fully saturated rings. The maximum Gasteiger partial charge on any atom is 0.241 e. The lowest BCUT2D eigenvalue weighted by atomic mass is 10.2. The molecule has 2 amide bonds. The quantitative estimate of drug-likeness (QED) is 0.588. The van der Waals surface area contributed by atoms with E-state index in [9.17, 15) is 9.59 Å². The number of carbonyl (C=O) groups excluding carboxylic acids is 2. The van der Waals surface area contributed by atoms with E-state index in [-0.39, 0.29) is 24.9 Å². The largest absolute Gasteiger partial charge is 0.467 e. The number of hydrogen-bond donors (Lipinski definition) is 1. The number of hydrogen-bond acceptors (Lipinski definition) is 4. The van der Waals surface area contributed by atoms with Crippen molar-refractivity contribution in [2.75, 3.05) is 30.4 Å². The van der Waals surface area contributed by atoms with Crippen LogP contribution in [0.1, 0.15) is 11.3 Å². The van der Waals surface area contributed by atoms with Crippen LogP contribution in [-0.4, -0.2) is 36.9 Å². The Morgan fingerprint density at radius 1 is 1.03 bits per heavy atom. The molecule has 152 valence electrons. The van der Waals surface area contributed by atoms with Crippen molar-refractivity contribution in [3.63, 3.8) is 0 Å². The summed E-state index contributed by atoms with van der Waals surface area (Å²) in [6, 6.07) is 20.1. The number of nitrogens with zero attached hydrogens (tertiary/aromatic N) is 2. The lowest BCUT2D eigenvalue weighted by Gasteiger charge is -2.25. The Bertz CT molecular complexity index is 1020. The van der Waals surface area contributed by atoms with Gasteiger partial charge in [-0.2, -0.15) is 0 Å². The third-order valence-electron chi connectivity index (χ3n) is 4.39. The zero-order valence-electron chi connectivity index (χ0n) is 16.7. The molecule has 0 radical (unpaired) electrons. The zero-order valence-corrected chi connectivity index (χ0v) is 16.7. The summed E-state index contributed by atoms with van der Waals surface area (Å²) in [4.78, 5) is 28.7. The number of furan rings is 1. The van der Waals surface area contributed by atoms with Crippen LogP contribution in [0.3, 0.4) is 0 Å². The van der Waals surface area contributed by atoms with Crippen molar-refractivity contribution < 1.29 is 14.0 Å². The van der Waals surface area contributed by atoms with E-state index in [0.29, 0.717) is 23.6 Å². The molecule has 6 heteroatoms. The zero-order chi connectivity index (χ0) is 21.3. The smallest absolute Gasteiger partial charge is 0.241 e. The summed E-state index contributed by atoms with van der Waals surface area (Å²) < 4.78 is 5.40. The summed E-state index contributed by atoms with van der Waals surface area (Å²) in [7, 11) is 1.73. The molecule has 0 aliphatic carbocycles. The van der Waals surface area contributed by atoms with Crippen LogP contribution in [0.25, 0.3) is 0 Å². The lowest BCUT2D eigenvalue weighted by Crippen LogP contribution is -2.41. The minimum Gasteiger partial charge on any atom is -0.467 e. The molecule has 30 heavy (non-hydrogen) atoms. The molecular weight excluding hydrogens is 378 g/mol. The number of likely N-dealkylation sites (N-methyl/N-ethyl adjacent to an activating group) is 1. The molecule has 1 N–H and O–H groups in total. The number of amides is 2. The van der Waals surface area contributed by atoms with Crippen LogP contribution in [0, 0.1) is 12.3 Å². The number of anilines is 2. The monoisotopic (exact) mass is 401 g/mol. The van der Waals surface area contributed by atoms with Gasteiger partial charge in [-0.3, -0.25) is 14.5 Å². The van der Waals surface area contributed by atoms with E-state index in [1.165, 1.54) is 0 Å². The second-order valence-corrected chi connectivity index (χ2v) is 6.84. The van der Waals surface area contributed by atoms with E-state index in [4.69, 9.17) is 10.8 Å². The first-order chi connectivity index (χ1) is 14.5. The van der Waals surface area contributed by atoms with E-state index in [2.05, 4.69) is 11.2 Å². The number of para-hydroxylation sites is 1. The van der Waals surface area contributed by atoms with E-state index in [0.717, 1.165) is 5.69 Å². The number of rotatable bonds is 8. The molecule has 0 aliphatic rings. The van der Waals surface area contributed by atoms with Gasteiger partial charge >= 0.3 is 0 Å². The van der Waals surface area contributed by atoms with Crippen LogP contribution in [0.15, 0.2) is 77.4 Å². The third kappa shape index (κ3) is 5.84. The Kier molecular flexibility index (Phi) is 7.04. The Morgan fingerprint density at radius 3 is 2.53 bits per heavy atom. The first-order valence-electron chi connectivity index (χ1n) is 9.48. The van der Waals surface area contributed by atoms with Crippen molar-refractivity contribution in [2.24, 2.45) is 0 Å². The van der Waals surface area contributed by atoms with Crippen LogP contribution in [0.4, 0.5) is 11.4 Å². The van der Waals surface area contributed by atoms with Gasteiger partial charge in [-0.25, -0.2) is 0 Å². The molecule has 0 aliphatic heterocycles. The van der Waals surface area contributed by atoms with Crippen LogP contribution < -0.4 is 10.2 Å². The normalized spacial score (nSPS) is 10.4. The summed E-state index contributed by atoms with van der Waals surface area (Å²) in [5.41, 5.74) is 2.08.